The summed E-state index contributed by atoms with van der Waals surface area (Å²) in [4.78, 5) is 12.0. The van der Waals surface area contributed by atoms with Crippen molar-refractivity contribution in [3.63, 3.8) is 0 Å². The number of carboxylic acids is 1. The Hall–Kier alpha value is -2.98. The highest BCUT2D eigenvalue weighted by Crippen LogP contribution is 2.64. The quantitative estimate of drug-likeness (QED) is 0.435. The number of aromatic carboxylic acids is 1. The molecule has 0 spiro atoms. The van der Waals surface area contributed by atoms with Crippen LogP contribution in [0.15, 0.2) is 66.7 Å². The molecule has 0 aromatic heterocycles. The minimum absolute atomic E-state index is 0.114. The first-order valence-electron chi connectivity index (χ1n) is 11.7. The number of benzene rings is 3. The highest BCUT2D eigenvalue weighted by Gasteiger charge is 2.54. The molecule has 4 nitrogen and oxygen atoms in total. The van der Waals surface area contributed by atoms with Gasteiger partial charge in [-0.3, -0.25) is 0 Å². The second-order valence-electron chi connectivity index (χ2n) is 9.62. The molecule has 0 saturated heterocycles. The summed E-state index contributed by atoms with van der Waals surface area (Å²) in [6, 6.07) is 21.8. The van der Waals surface area contributed by atoms with Crippen LogP contribution >= 0.6 is 11.6 Å². The Morgan fingerprint density at radius 1 is 1.00 bits per heavy atom. The van der Waals surface area contributed by atoms with Crippen molar-refractivity contribution >= 4 is 23.3 Å². The maximum Gasteiger partial charge on any atom is 0.337 e. The van der Waals surface area contributed by atoms with E-state index >= 15 is 0 Å². The Morgan fingerprint density at radius 3 is 2.52 bits per heavy atom. The molecule has 1 aliphatic heterocycles. The molecule has 3 aliphatic rings. The second kappa shape index (κ2) is 8.11. The van der Waals surface area contributed by atoms with E-state index in [1.807, 2.05) is 42.5 Å². The van der Waals surface area contributed by atoms with Gasteiger partial charge in [0, 0.05) is 5.02 Å². The molecule has 168 valence electrons. The zero-order valence-electron chi connectivity index (χ0n) is 18.2. The van der Waals surface area contributed by atoms with Crippen LogP contribution in [0.4, 0.5) is 5.69 Å². The summed E-state index contributed by atoms with van der Waals surface area (Å²) in [5.74, 6) is 2.24. The van der Waals surface area contributed by atoms with Gasteiger partial charge in [-0.2, -0.15) is 0 Å². The van der Waals surface area contributed by atoms with Crippen molar-refractivity contribution in [1.29, 1.82) is 0 Å². The molecule has 2 N–H and O–H groups in total. The lowest BCUT2D eigenvalue weighted by Crippen LogP contribution is -2.36. The fourth-order valence-corrected chi connectivity index (χ4v) is 6.67. The number of hydrogen-bond donors (Lipinski definition) is 2. The molecule has 3 aromatic carbocycles. The second-order valence-corrected chi connectivity index (χ2v) is 10.1. The van der Waals surface area contributed by atoms with Crippen molar-refractivity contribution in [1.82, 2.24) is 0 Å². The fourth-order valence-electron chi connectivity index (χ4n) is 6.54. The number of fused-ring (bicyclic) bond motifs is 7. The Labute approximate surface area is 198 Å². The predicted octanol–water partition coefficient (Wildman–Crippen LogP) is 6.91. The molecule has 2 aliphatic carbocycles. The van der Waals surface area contributed by atoms with Gasteiger partial charge in [0.05, 0.1) is 17.3 Å². The molecule has 5 atom stereocenters. The average Bonchev–Trinajstić information content (AvgIpc) is 3.46. The van der Waals surface area contributed by atoms with E-state index in [1.54, 1.807) is 6.07 Å². The summed E-state index contributed by atoms with van der Waals surface area (Å²) >= 11 is 5.96. The third-order valence-corrected chi connectivity index (χ3v) is 8.16. The largest absolute Gasteiger partial charge is 0.489 e. The molecule has 1 heterocycles. The van der Waals surface area contributed by atoms with Gasteiger partial charge in [0.15, 0.2) is 0 Å². The summed E-state index contributed by atoms with van der Waals surface area (Å²) < 4.78 is 5.98. The third kappa shape index (κ3) is 3.57. The zero-order valence-corrected chi connectivity index (χ0v) is 19.0. The van der Waals surface area contributed by atoms with Crippen LogP contribution in [0.5, 0.6) is 5.75 Å². The van der Waals surface area contributed by atoms with E-state index < -0.39 is 5.97 Å². The van der Waals surface area contributed by atoms with Crippen molar-refractivity contribution in [3.8, 4) is 5.75 Å². The van der Waals surface area contributed by atoms with E-state index in [-0.39, 0.29) is 6.04 Å². The molecular weight excluding hydrogens is 434 g/mol. The van der Waals surface area contributed by atoms with Gasteiger partial charge < -0.3 is 15.2 Å². The van der Waals surface area contributed by atoms with Crippen LogP contribution < -0.4 is 10.1 Å². The van der Waals surface area contributed by atoms with E-state index in [0.29, 0.717) is 35.8 Å². The van der Waals surface area contributed by atoms with Crippen molar-refractivity contribution < 1.29 is 14.6 Å². The summed E-state index contributed by atoms with van der Waals surface area (Å²) in [5, 5.41) is 14.2. The lowest BCUT2D eigenvalue weighted by atomic mass is 9.67. The molecule has 0 amide bonds. The van der Waals surface area contributed by atoms with E-state index in [1.165, 1.54) is 30.4 Å². The molecular formula is C28H26ClNO3. The van der Waals surface area contributed by atoms with E-state index in [2.05, 4.69) is 23.5 Å². The molecule has 2 bridgehead atoms. The number of carboxylic acid groups (broad SMARTS) is 1. The third-order valence-electron chi connectivity index (χ3n) is 7.91. The molecule has 3 aromatic rings. The number of carbonyl (C=O) groups is 1. The van der Waals surface area contributed by atoms with Crippen LogP contribution in [0.1, 0.15) is 58.3 Å². The first kappa shape index (κ1) is 20.6. The van der Waals surface area contributed by atoms with Gasteiger partial charge in [-0.1, -0.05) is 48.0 Å². The highest BCUT2D eigenvalue weighted by atomic mass is 35.5. The number of rotatable bonds is 5. The predicted molar refractivity (Wildman–Crippen MR) is 129 cm³/mol. The SMILES string of the molecule is O=C(O)c1cccc2c1N[C@H](c1ccc(OCc3ccc(Cl)cc3)cc1)[C@@H]1[C@H]3CC[C@@H](C3)[C@H]21. The minimum Gasteiger partial charge on any atom is -0.489 e. The van der Waals surface area contributed by atoms with Gasteiger partial charge in [-0.25, -0.2) is 4.79 Å². The number of nitrogens with one attached hydrogen (secondary N) is 1. The molecule has 2 saturated carbocycles. The van der Waals surface area contributed by atoms with Gasteiger partial charge in [-0.05, 0) is 90.0 Å². The van der Waals surface area contributed by atoms with Gasteiger partial charge >= 0.3 is 5.97 Å². The normalized spacial score (nSPS) is 26.9. The fraction of sp³-hybridized carbons (Fsp3) is 0.321. The first-order chi connectivity index (χ1) is 16.1. The molecule has 33 heavy (non-hydrogen) atoms. The van der Waals surface area contributed by atoms with Gasteiger partial charge in [-0.15, -0.1) is 0 Å². The Balaban J connectivity index is 1.28. The number of para-hydroxylation sites is 1. The van der Waals surface area contributed by atoms with E-state index in [4.69, 9.17) is 16.3 Å². The number of ether oxygens (including phenoxy) is 1. The summed E-state index contributed by atoms with van der Waals surface area (Å²) in [6.45, 7) is 0.488. The summed E-state index contributed by atoms with van der Waals surface area (Å²) in [7, 11) is 0. The number of halogens is 1. The lowest BCUT2D eigenvalue weighted by Gasteiger charge is -2.44. The van der Waals surface area contributed by atoms with Crippen LogP contribution in [-0.2, 0) is 6.61 Å². The number of hydrogen-bond acceptors (Lipinski definition) is 3. The van der Waals surface area contributed by atoms with Gasteiger partial charge in [0.2, 0.25) is 0 Å². The van der Waals surface area contributed by atoms with Crippen LogP contribution in [0.2, 0.25) is 5.02 Å². The lowest BCUT2D eigenvalue weighted by molar-refractivity contribution is 0.0697. The average molecular weight is 460 g/mol. The maximum atomic E-state index is 12.0. The topological polar surface area (TPSA) is 58.6 Å². The van der Waals surface area contributed by atoms with Crippen LogP contribution in [0.25, 0.3) is 0 Å². The van der Waals surface area contributed by atoms with Gasteiger partial charge in [0.25, 0.3) is 0 Å². The van der Waals surface area contributed by atoms with Crippen molar-refractivity contribution in [2.24, 2.45) is 17.8 Å². The smallest absolute Gasteiger partial charge is 0.337 e. The summed E-state index contributed by atoms with van der Waals surface area (Å²) in [5.41, 5.74) is 4.65. The van der Waals surface area contributed by atoms with Crippen molar-refractivity contribution in [2.75, 3.05) is 5.32 Å². The molecule has 0 radical (unpaired) electrons. The maximum absolute atomic E-state index is 12.0. The van der Waals surface area contributed by atoms with Crippen LogP contribution in [0.3, 0.4) is 0 Å². The van der Waals surface area contributed by atoms with Crippen LogP contribution in [-0.4, -0.2) is 11.1 Å². The molecule has 0 unspecified atom stereocenters. The minimum atomic E-state index is -0.870. The zero-order chi connectivity index (χ0) is 22.5. The van der Waals surface area contributed by atoms with Crippen molar-refractivity contribution in [3.05, 3.63) is 94.0 Å². The Kier molecular flexibility index (Phi) is 5.06. The Morgan fingerprint density at radius 2 is 1.76 bits per heavy atom. The molecule has 2 fully saturated rings. The highest BCUT2D eigenvalue weighted by molar-refractivity contribution is 6.30. The van der Waals surface area contributed by atoms with Crippen LogP contribution in [0, 0.1) is 17.8 Å². The van der Waals surface area contributed by atoms with E-state index in [9.17, 15) is 9.90 Å². The molecule has 6 rings (SSSR count). The monoisotopic (exact) mass is 459 g/mol. The Bertz CT molecular complexity index is 1190. The first-order valence-corrected chi connectivity index (χ1v) is 12.1. The van der Waals surface area contributed by atoms with Crippen molar-refractivity contribution in [2.45, 2.75) is 37.8 Å². The standard InChI is InChI=1S/C28H26ClNO3/c29-20-10-4-16(5-11-20)15-33-21-12-8-17(9-13-21)26-25-19-7-6-18(14-19)24(25)22-2-1-3-23(28(31)32)27(22)30-26/h1-5,8-13,18-19,24-26,30H,6-7,14-15H2,(H,31,32)/t18-,19-,24+,25+,26+/m0/s1. The number of anilines is 1. The van der Waals surface area contributed by atoms with Gasteiger partial charge in [0.1, 0.15) is 12.4 Å². The van der Waals surface area contributed by atoms with E-state index in [0.717, 1.165) is 22.0 Å². The summed E-state index contributed by atoms with van der Waals surface area (Å²) in [6.07, 6.45) is 3.79. The molecule has 5 heteroatoms.